The van der Waals surface area contributed by atoms with Crippen molar-refractivity contribution in [2.24, 2.45) is 13.0 Å². The molecule has 1 unspecified atom stereocenters. The molecule has 0 spiro atoms. The molecule has 0 bridgehead atoms. The van der Waals surface area contributed by atoms with Crippen molar-refractivity contribution in [1.82, 2.24) is 30.6 Å². The van der Waals surface area contributed by atoms with Gasteiger partial charge in [-0.15, -0.1) is 12.4 Å². The van der Waals surface area contributed by atoms with Crippen LogP contribution in [0.15, 0.2) is 35.1 Å². The summed E-state index contributed by atoms with van der Waals surface area (Å²) in [6.07, 6.45) is 3.73. The van der Waals surface area contributed by atoms with Crippen molar-refractivity contribution in [3.8, 4) is 11.4 Å². The van der Waals surface area contributed by atoms with Crippen molar-refractivity contribution in [3.63, 3.8) is 0 Å². The molecule has 3 aromatic rings. The molecule has 0 aliphatic carbocycles. The van der Waals surface area contributed by atoms with Gasteiger partial charge >= 0.3 is 0 Å². The molecule has 160 valence electrons. The van der Waals surface area contributed by atoms with Crippen LogP contribution in [0.4, 0.5) is 4.39 Å². The summed E-state index contributed by atoms with van der Waals surface area (Å²) in [4.78, 5) is 17.2. The van der Waals surface area contributed by atoms with Crippen LogP contribution in [0, 0.1) is 18.7 Å². The van der Waals surface area contributed by atoms with Crippen molar-refractivity contribution in [1.29, 1.82) is 0 Å². The van der Waals surface area contributed by atoms with Gasteiger partial charge in [-0.05, 0) is 31.0 Å². The molecule has 1 fully saturated rings. The lowest BCUT2D eigenvalue weighted by Crippen LogP contribution is -2.36. The molecule has 30 heavy (non-hydrogen) atoms. The van der Waals surface area contributed by atoms with Crippen LogP contribution in [0.3, 0.4) is 0 Å². The second kappa shape index (κ2) is 8.93. The number of carbonyl (C=O) groups is 1. The zero-order valence-electron chi connectivity index (χ0n) is 16.9. The Kier molecular flexibility index (Phi) is 6.52. The Morgan fingerprint density at radius 3 is 2.90 bits per heavy atom. The smallest absolute Gasteiger partial charge is 0.249 e. The minimum atomic E-state index is -0.464. The lowest BCUT2D eigenvalue weighted by molar-refractivity contribution is -0.125. The average molecular weight is 435 g/mol. The monoisotopic (exact) mass is 434 g/mol. The summed E-state index contributed by atoms with van der Waals surface area (Å²) < 4.78 is 20.8. The first-order chi connectivity index (χ1) is 13.9. The SMILES string of the molecule is Cc1ccc(-c2noc(C(C)NC(=O)[C@H]3CNC[C@@H]3c3cnn(C)c3)n2)cc1F.Cl. The number of rotatable bonds is 5. The number of carbonyl (C=O) groups excluding carboxylic acids is 1. The maximum Gasteiger partial charge on any atom is 0.249 e. The van der Waals surface area contributed by atoms with Crippen molar-refractivity contribution >= 4 is 18.3 Å². The minimum absolute atomic E-state index is 0. The number of nitrogens with zero attached hydrogens (tertiary/aromatic N) is 4. The van der Waals surface area contributed by atoms with E-state index < -0.39 is 6.04 Å². The highest BCUT2D eigenvalue weighted by Gasteiger charge is 2.35. The van der Waals surface area contributed by atoms with Crippen LogP contribution in [-0.2, 0) is 11.8 Å². The molecule has 1 aliphatic heterocycles. The molecule has 0 saturated carbocycles. The summed E-state index contributed by atoms with van der Waals surface area (Å²) in [6.45, 7) is 4.79. The first-order valence-corrected chi connectivity index (χ1v) is 9.52. The van der Waals surface area contributed by atoms with Crippen molar-refractivity contribution in [2.45, 2.75) is 25.8 Å². The normalized spacial score (nSPS) is 19.3. The molecular weight excluding hydrogens is 411 g/mol. The summed E-state index contributed by atoms with van der Waals surface area (Å²) in [6, 6.07) is 4.31. The first-order valence-electron chi connectivity index (χ1n) is 9.52. The first kappa shape index (κ1) is 21.9. The van der Waals surface area contributed by atoms with Gasteiger partial charge in [0.15, 0.2) is 0 Å². The predicted octanol–water partition coefficient (Wildman–Crippen LogP) is 2.52. The molecule has 2 N–H and O–H groups in total. The summed E-state index contributed by atoms with van der Waals surface area (Å²) >= 11 is 0. The summed E-state index contributed by atoms with van der Waals surface area (Å²) in [7, 11) is 1.86. The van der Waals surface area contributed by atoms with Crippen LogP contribution >= 0.6 is 12.4 Å². The summed E-state index contributed by atoms with van der Waals surface area (Å²) in [5.41, 5.74) is 2.11. The largest absolute Gasteiger partial charge is 0.344 e. The number of hydrogen-bond acceptors (Lipinski definition) is 6. The fraction of sp³-hybridized carbons (Fsp3) is 0.400. The van der Waals surface area contributed by atoms with E-state index in [9.17, 15) is 9.18 Å². The fourth-order valence-corrected chi connectivity index (χ4v) is 3.58. The van der Waals surface area contributed by atoms with E-state index in [-0.39, 0.29) is 47.7 Å². The number of hydrogen-bond donors (Lipinski definition) is 2. The van der Waals surface area contributed by atoms with Gasteiger partial charge in [0.25, 0.3) is 0 Å². The fourth-order valence-electron chi connectivity index (χ4n) is 3.58. The molecule has 3 heterocycles. The van der Waals surface area contributed by atoms with Gasteiger partial charge in [-0.3, -0.25) is 9.48 Å². The van der Waals surface area contributed by atoms with Crippen LogP contribution in [0.25, 0.3) is 11.4 Å². The molecule has 1 aliphatic rings. The topological polar surface area (TPSA) is 97.9 Å². The van der Waals surface area contributed by atoms with E-state index in [0.717, 1.165) is 12.1 Å². The summed E-state index contributed by atoms with van der Waals surface area (Å²) in [5, 5.41) is 14.4. The summed E-state index contributed by atoms with van der Waals surface area (Å²) in [5.74, 6) is -0.00300. The van der Waals surface area contributed by atoms with E-state index in [1.807, 2.05) is 13.2 Å². The molecule has 8 nitrogen and oxygen atoms in total. The second-order valence-electron chi connectivity index (χ2n) is 7.47. The lowest BCUT2D eigenvalue weighted by Gasteiger charge is -2.18. The maximum atomic E-state index is 13.8. The average Bonchev–Trinajstić information content (AvgIpc) is 3.43. The Morgan fingerprint density at radius 1 is 1.40 bits per heavy atom. The number of amides is 1. The van der Waals surface area contributed by atoms with E-state index in [0.29, 0.717) is 17.7 Å². The van der Waals surface area contributed by atoms with Crippen molar-refractivity contribution in [2.75, 3.05) is 13.1 Å². The highest BCUT2D eigenvalue weighted by molar-refractivity contribution is 5.85. The molecule has 1 aromatic carbocycles. The molecule has 1 saturated heterocycles. The highest BCUT2D eigenvalue weighted by Crippen LogP contribution is 2.29. The number of aryl methyl sites for hydroxylation is 2. The van der Waals surface area contributed by atoms with Gasteiger partial charge in [0, 0.05) is 37.8 Å². The Labute approximate surface area is 179 Å². The van der Waals surface area contributed by atoms with E-state index >= 15 is 0 Å². The third-order valence-electron chi connectivity index (χ3n) is 5.30. The Morgan fingerprint density at radius 2 is 2.20 bits per heavy atom. The quantitative estimate of drug-likeness (QED) is 0.640. The molecule has 3 atom stereocenters. The van der Waals surface area contributed by atoms with Gasteiger partial charge in [0.2, 0.25) is 17.6 Å². The molecular formula is C20H24ClFN6O2. The van der Waals surface area contributed by atoms with Gasteiger partial charge in [0.1, 0.15) is 11.9 Å². The van der Waals surface area contributed by atoms with Gasteiger partial charge in [-0.25, -0.2) is 4.39 Å². The predicted molar refractivity (Wildman–Crippen MR) is 111 cm³/mol. The molecule has 1 amide bonds. The molecule has 10 heteroatoms. The van der Waals surface area contributed by atoms with Crippen molar-refractivity contribution < 1.29 is 13.7 Å². The Hall–Kier alpha value is -2.78. The number of halogens is 2. The van der Waals surface area contributed by atoms with E-state index in [4.69, 9.17) is 4.52 Å². The van der Waals surface area contributed by atoms with E-state index in [2.05, 4.69) is 25.9 Å². The maximum absolute atomic E-state index is 13.8. The Balaban J connectivity index is 0.00000256. The third kappa shape index (κ3) is 4.36. The van der Waals surface area contributed by atoms with E-state index in [1.54, 1.807) is 36.9 Å². The standard InChI is InChI=1S/C20H23FN6O2.ClH/c1-11-4-5-13(6-17(11)21)18-25-20(29-26-18)12(2)24-19(28)16-9-22-8-15(16)14-7-23-27(3)10-14;/h4-7,10,12,15-16,22H,8-9H2,1-3H3,(H,24,28);1H/t12?,15-,16+;/m1./s1. The zero-order valence-corrected chi connectivity index (χ0v) is 17.7. The van der Waals surface area contributed by atoms with Crippen LogP contribution in [-0.4, -0.2) is 38.9 Å². The number of aromatic nitrogens is 4. The molecule has 0 radical (unpaired) electrons. The lowest BCUT2D eigenvalue weighted by atomic mass is 9.90. The molecule has 2 aromatic heterocycles. The number of benzene rings is 1. The van der Waals surface area contributed by atoms with Crippen molar-refractivity contribution in [3.05, 3.63) is 53.4 Å². The zero-order chi connectivity index (χ0) is 20.5. The van der Waals surface area contributed by atoms with Crippen LogP contribution in [0.2, 0.25) is 0 Å². The Bertz CT molecular complexity index is 1040. The molecule has 4 rings (SSSR count). The van der Waals surface area contributed by atoms with Gasteiger partial charge in [0.05, 0.1) is 12.1 Å². The second-order valence-corrected chi connectivity index (χ2v) is 7.47. The minimum Gasteiger partial charge on any atom is -0.344 e. The van der Waals surface area contributed by atoms with Gasteiger partial charge in [-0.2, -0.15) is 10.1 Å². The number of nitrogens with one attached hydrogen (secondary N) is 2. The van der Waals surface area contributed by atoms with Gasteiger partial charge < -0.3 is 15.2 Å². The van der Waals surface area contributed by atoms with Crippen LogP contribution in [0.5, 0.6) is 0 Å². The van der Waals surface area contributed by atoms with Crippen LogP contribution in [0.1, 0.15) is 35.9 Å². The third-order valence-corrected chi connectivity index (χ3v) is 5.30. The highest BCUT2D eigenvalue weighted by atomic mass is 35.5. The van der Waals surface area contributed by atoms with E-state index in [1.165, 1.54) is 6.07 Å². The van der Waals surface area contributed by atoms with Gasteiger partial charge in [-0.1, -0.05) is 17.3 Å². The van der Waals surface area contributed by atoms with Crippen LogP contribution < -0.4 is 10.6 Å².